The molecular formula is C22H31NO4. The zero-order valence-corrected chi connectivity index (χ0v) is 16.5. The first-order valence-electron chi connectivity index (χ1n) is 9.97. The molecule has 0 bridgehead atoms. The summed E-state index contributed by atoms with van der Waals surface area (Å²) in [6.45, 7) is 2.35. The van der Waals surface area contributed by atoms with Crippen LogP contribution in [0.25, 0.3) is 0 Å². The molecule has 0 atom stereocenters. The molecule has 0 saturated heterocycles. The van der Waals surface area contributed by atoms with Gasteiger partial charge in [0.2, 0.25) is 5.91 Å². The second-order valence-corrected chi connectivity index (χ2v) is 7.35. The lowest BCUT2D eigenvalue weighted by molar-refractivity contribution is -0.142. The predicted molar refractivity (Wildman–Crippen MR) is 105 cm³/mol. The summed E-state index contributed by atoms with van der Waals surface area (Å²) in [7, 11) is 1.36. The average molecular weight is 373 g/mol. The van der Waals surface area contributed by atoms with Crippen LogP contribution >= 0.6 is 0 Å². The summed E-state index contributed by atoms with van der Waals surface area (Å²) < 4.78 is 4.73. The number of rotatable bonds is 8. The number of ketones is 1. The smallest absolute Gasteiger partial charge is 0.307 e. The molecule has 0 radical (unpaired) electrons. The summed E-state index contributed by atoms with van der Waals surface area (Å²) in [6.07, 6.45) is 7.13. The topological polar surface area (TPSA) is 63.7 Å². The Morgan fingerprint density at radius 2 is 1.59 bits per heavy atom. The molecule has 0 heterocycles. The molecule has 1 amide bonds. The largest absolute Gasteiger partial charge is 0.469 e. The standard InChI is InChI=1S/C22H31NO4/c1-17-9-11-18(12-10-17)20(24)13-14-21(25)23(16-15-22(26)27-2)19-7-5-3-4-6-8-19/h9-12,19H,3-8,13-16H2,1-2H3. The maximum absolute atomic E-state index is 12.9. The molecule has 0 aliphatic heterocycles. The van der Waals surface area contributed by atoms with Crippen molar-refractivity contribution in [2.45, 2.75) is 70.8 Å². The molecule has 1 saturated carbocycles. The fraction of sp³-hybridized carbons (Fsp3) is 0.591. The summed E-state index contributed by atoms with van der Waals surface area (Å²) in [5, 5.41) is 0. The third-order valence-corrected chi connectivity index (χ3v) is 5.31. The van der Waals surface area contributed by atoms with Crippen molar-refractivity contribution in [3.63, 3.8) is 0 Å². The number of Topliss-reactive ketones (excluding diaryl/α,β-unsaturated/α-hetero) is 1. The minimum Gasteiger partial charge on any atom is -0.469 e. The molecule has 27 heavy (non-hydrogen) atoms. The minimum atomic E-state index is -0.308. The van der Waals surface area contributed by atoms with Crippen LogP contribution in [0.15, 0.2) is 24.3 Å². The third kappa shape index (κ3) is 6.81. The van der Waals surface area contributed by atoms with E-state index in [1.165, 1.54) is 20.0 Å². The first-order chi connectivity index (χ1) is 13.0. The van der Waals surface area contributed by atoms with E-state index in [9.17, 15) is 14.4 Å². The quantitative estimate of drug-likeness (QED) is 0.391. The van der Waals surface area contributed by atoms with Gasteiger partial charge in [0.1, 0.15) is 0 Å². The maximum Gasteiger partial charge on any atom is 0.307 e. The highest BCUT2D eigenvalue weighted by molar-refractivity contribution is 5.98. The van der Waals surface area contributed by atoms with Gasteiger partial charge in [-0.05, 0) is 19.8 Å². The Morgan fingerprint density at radius 3 is 2.19 bits per heavy atom. The summed E-state index contributed by atoms with van der Waals surface area (Å²) in [5.74, 6) is -0.361. The molecule has 0 N–H and O–H groups in total. The van der Waals surface area contributed by atoms with Crippen LogP contribution in [0.3, 0.4) is 0 Å². The Morgan fingerprint density at radius 1 is 0.963 bits per heavy atom. The molecule has 1 aromatic rings. The predicted octanol–water partition coefficient (Wildman–Crippen LogP) is 4.07. The van der Waals surface area contributed by atoms with Crippen LogP contribution in [0.4, 0.5) is 0 Å². The van der Waals surface area contributed by atoms with Gasteiger partial charge in [-0.3, -0.25) is 14.4 Å². The number of aryl methyl sites for hydroxylation is 1. The maximum atomic E-state index is 12.9. The van der Waals surface area contributed by atoms with E-state index in [2.05, 4.69) is 0 Å². The van der Waals surface area contributed by atoms with Crippen LogP contribution in [-0.4, -0.2) is 42.3 Å². The van der Waals surface area contributed by atoms with Gasteiger partial charge in [-0.2, -0.15) is 0 Å². The van der Waals surface area contributed by atoms with Crippen molar-refractivity contribution in [1.29, 1.82) is 0 Å². The van der Waals surface area contributed by atoms with Crippen LogP contribution in [0.1, 0.15) is 73.7 Å². The van der Waals surface area contributed by atoms with Gasteiger partial charge in [0.05, 0.1) is 13.5 Å². The first kappa shape index (κ1) is 21.1. The van der Waals surface area contributed by atoms with Gasteiger partial charge in [-0.25, -0.2) is 0 Å². The van der Waals surface area contributed by atoms with Crippen molar-refractivity contribution >= 4 is 17.7 Å². The summed E-state index contributed by atoms with van der Waals surface area (Å²) >= 11 is 0. The molecule has 1 aliphatic rings. The Bertz CT molecular complexity index is 630. The Kier molecular flexibility index (Phi) is 8.49. The molecule has 0 aromatic heterocycles. The summed E-state index contributed by atoms with van der Waals surface area (Å²) in [5.41, 5.74) is 1.74. The Hall–Kier alpha value is -2.17. The molecule has 1 aromatic carbocycles. The lowest BCUT2D eigenvalue weighted by Crippen LogP contribution is -2.41. The zero-order valence-electron chi connectivity index (χ0n) is 16.5. The molecule has 0 spiro atoms. The van der Waals surface area contributed by atoms with Crippen molar-refractivity contribution in [3.8, 4) is 0 Å². The zero-order chi connectivity index (χ0) is 19.6. The molecule has 5 heteroatoms. The summed E-state index contributed by atoms with van der Waals surface area (Å²) in [6, 6.07) is 7.59. The first-order valence-corrected chi connectivity index (χ1v) is 9.97. The highest BCUT2D eigenvalue weighted by atomic mass is 16.5. The van der Waals surface area contributed by atoms with E-state index >= 15 is 0 Å². The van der Waals surface area contributed by atoms with E-state index in [0.29, 0.717) is 12.1 Å². The third-order valence-electron chi connectivity index (χ3n) is 5.31. The number of ether oxygens (including phenoxy) is 1. The highest BCUT2D eigenvalue weighted by Crippen LogP contribution is 2.23. The lowest BCUT2D eigenvalue weighted by atomic mass is 10.0. The normalized spacial score (nSPS) is 15.0. The van der Waals surface area contributed by atoms with Crippen molar-refractivity contribution in [2.75, 3.05) is 13.7 Å². The number of carbonyl (C=O) groups excluding carboxylic acids is 3. The SMILES string of the molecule is COC(=O)CCN(C(=O)CCC(=O)c1ccc(C)cc1)C1CCCCCC1. The van der Waals surface area contributed by atoms with Crippen LogP contribution in [0.5, 0.6) is 0 Å². The van der Waals surface area contributed by atoms with Crippen molar-refractivity contribution in [3.05, 3.63) is 35.4 Å². The van der Waals surface area contributed by atoms with Crippen LogP contribution < -0.4 is 0 Å². The number of esters is 1. The van der Waals surface area contributed by atoms with Crippen LogP contribution in [0, 0.1) is 6.92 Å². The van der Waals surface area contributed by atoms with E-state index in [0.717, 1.165) is 31.2 Å². The van der Waals surface area contributed by atoms with Crippen molar-refractivity contribution < 1.29 is 19.1 Å². The van der Waals surface area contributed by atoms with Crippen molar-refractivity contribution in [1.82, 2.24) is 4.90 Å². The molecule has 1 fully saturated rings. The van der Waals surface area contributed by atoms with Gasteiger partial charge in [0.15, 0.2) is 5.78 Å². The monoisotopic (exact) mass is 373 g/mol. The molecule has 148 valence electrons. The van der Waals surface area contributed by atoms with E-state index in [1.807, 2.05) is 36.1 Å². The number of nitrogens with zero attached hydrogens (tertiary/aromatic N) is 1. The second kappa shape index (κ2) is 10.9. The minimum absolute atomic E-state index is 0.0165. The average Bonchev–Trinajstić information content (AvgIpc) is 2.96. The van der Waals surface area contributed by atoms with Gasteiger partial charge in [0.25, 0.3) is 0 Å². The lowest BCUT2D eigenvalue weighted by Gasteiger charge is -2.31. The molecule has 5 nitrogen and oxygen atoms in total. The van der Waals surface area contributed by atoms with Gasteiger partial charge in [0, 0.05) is 31.0 Å². The van der Waals surface area contributed by atoms with Gasteiger partial charge >= 0.3 is 5.97 Å². The highest BCUT2D eigenvalue weighted by Gasteiger charge is 2.25. The van der Waals surface area contributed by atoms with E-state index in [-0.39, 0.29) is 43.0 Å². The van der Waals surface area contributed by atoms with Crippen LogP contribution in [-0.2, 0) is 14.3 Å². The summed E-state index contributed by atoms with van der Waals surface area (Å²) in [4.78, 5) is 38.6. The number of hydrogen-bond acceptors (Lipinski definition) is 4. The number of amides is 1. The number of hydrogen-bond donors (Lipinski definition) is 0. The second-order valence-electron chi connectivity index (χ2n) is 7.35. The van der Waals surface area contributed by atoms with E-state index in [4.69, 9.17) is 4.74 Å². The molecule has 0 unspecified atom stereocenters. The van der Waals surface area contributed by atoms with Crippen LogP contribution in [0.2, 0.25) is 0 Å². The number of methoxy groups -OCH3 is 1. The van der Waals surface area contributed by atoms with Gasteiger partial charge < -0.3 is 9.64 Å². The molecule has 2 rings (SSSR count). The van der Waals surface area contributed by atoms with E-state index < -0.39 is 0 Å². The van der Waals surface area contributed by atoms with Gasteiger partial charge in [-0.1, -0.05) is 55.5 Å². The van der Waals surface area contributed by atoms with Crippen molar-refractivity contribution in [2.24, 2.45) is 0 Å². The fourth-order valence-electron chi connectivity index (χ4n) is 3.64. The number of benzene rings is 1. The molecular weight excluding hydrogens is 342 g/mol. The molecule has 1 aliphatic carbocycles. The van der Waals surface area contributed by atoms with Gasteiger partial charge in [-0.15, -0.1) is 0 Å². The van der Waals surface area contributed by atoms with E-state index in [1.54, 1.807) is 0 Å². The number of carbonyl (C=O) groups is 3. The fourth-order valence-corrected chi connectivity index (χ4v) is 3.64. The Labute approximate surface area is 162 Å². The Balaban J connectivity index is 1.97.